The van der Waals surface area contributed by atoms with Crippen LogP contribution in [0.2, 0.25) is 0 Å². The summed E-state index contributed by atoms with van der Waals surface area (Å²) < 4.78 is 0. The van der Waals surface area contributed by atoms with E-state index in [0.717, 1.165) is 19.5 Å². The van der Waals surface area contributed by atoms with Gasteiger partial charge in [-0.25, -0.2) is 0 Å². The molecule has 1 amide bonds. The molecule has 0 aliphatic carbocycles. The van der Waals surface area contributed by atoms with Gasteiger partial charge < -0.3 is 10.6 Å². The number of hydrogen-bond acceptors (Lipinski definition) is 2. The summed E-state index contributed by atoms with van der Waals surface area (Å²) in [6, 6.07) is 0. The Hall–Kier alpha value is -0.640. The van der Waals surface area contributed by atoms with E-state index in [4.69, 9.17) is 18.0 Å². The summed E-state index contributed by atoms with van der Waals surface area (Å²) in [6.07, 6.45) is 2.29. The molecule has 4 heteroatoms. The molecule has 1 aliphatic heterocycles. The zero-order valence-corrected chi connectivity index (χ0v) is 10.6. The number of nitrogens with zero attached hydrogens (tertiary/aromatic N) is 1. The maximum absolute atomic E-state index is 12.2. The molecule has 0 saturated carbocycles. The van der Waals surface area contributed by atoms with Crippen molar-refractivity contribution in [3.8, 4) is 0 Å². The van der Waals surface area contributed by atoms with Gasteiger partial charge in [-0.1, -0.05) is 19.1 Å². The number of carbonyl (C=O) groups excluding carboxylic acids is 1. The lowest BCUT2D eigenvalue weighted by atomic mass is 9.89. The van der Waals surface area contributed by atoms with E-state index in [1.165, 1.54) is 6.42 Å². The number of hydrogen-bond donors (Lipinski definition) is 1. The summed E-state index contributed by atoms with van der Waals surface area (Å²) >= 11 is 4.94. The fourth-order valence-corrected chi connectivity index (χ4v) is 1.96. The van der Waals surface area contributed by atoms with E-state index in [9.17, 15) is 4.79 Å². The van der Waals surface area contributed by atoms with Gasteiger partial charge in [0.15, 0.2) is 0 Å². The molecule has 0 spiro atoms. The number of nitrogens with two attached hydrogens (primary N) is 1. The molecule has 1 saturated heterocycles. The van der Waals surface area contributed by atoms with Crippen LogP contribution in [0.25, 0.3) is 0 Å². The fraction of sp³-hybridized carbons (Fsp3) is 0.818. The molecule has 1 unspecified atom stereocenters. The molecule has 15 heavy (non-hydrogen) atoms. The lowest BCUT2D eigenvalue weighted by Crippen LogP contribution is -2.50. The van der Waals surface area contributed by atoms with E-state index < -0.39 is 5.41 Å². The molecule has 86 valence electrons. The van der Waals surface area contributed by atoms with Gasteiger partial charge >= 0.3 is 0 Å². The first kappa shape index (κ1) is 12.4. The summed E-state index contributed by atoms with van der Waals surface area (Å²) in [7, 11) is 0. The van der Waals surface area contributed by atoms with Gasteiger partial charge in [0.2, 0.25) is 5.91 Å². The number of carbonyl (C=O) groups is 1. The molecule has 1 aliphatic rings. The molecule has 2 N–H and O–H groups in total. The van der Waals surface area contributed by atoms with Crippen LogP contribution in [0.4, 0.5) is 0 Å². The lowest BCUT2D eigenvalue weighted by Gasteiger charge is -2.36. The summed E-state index contributed by atoms with van der Waals surface area (Å²) in [5.41, 5.74) is 4.89. The Morgan fingerprint density at radius 3 is 2.60 bits per heavy atom. The number of likely N-dealkylation sites (tertiary alicyclic amines) is 1. The maximum atomic E-state index is 12.2. The Morgan fingerprint density at radius 2 is 2.13 bits per heavy atom. The summed E-state index contributed by atoms with van der Waals surface area (Å²) in [5.74, 6) is 0.659. The fourth-order valence-electron chi connectivity index (χ4n) is 1.87. The highest BCUT2D eigenvalue weighted by molar-refractivity contribution is 7.80. The number of rotatable bonds is 2. The average Bonchev–Trinajstić information content (AvgIpc) is 2.16. The first-order valence-corrected chi connectivity index (χ1v) is 5.86. The van der Waals surface area contributed by atoms with Crippen molar-refractivity contribution in [2.45, 2.75) is 33.6 Å². The Bertz CT molecular complexity index is 276. The van der Waals surface area contributed by atoms with E-state index in [2.05, 4.69) is 6.92 Å². The average molecular weight is 228 g/mol. The van der Waals surface area contributed by atoms with Crippen LogP contribution in [0.5, 0.6) is 0 Å². The number of piperidine rings is 1. The molecular formula is C11H20N2OS. The molecule has 1 rings (SSSR count). The normalized spacial score (nSPS) is 22.6. The maximum Gasteiger partial charge on any atom is 0.235 e. The Balaban J connectivity index is 2.71. The van der Waals surface area contributed by atoms with Gasteiger partial charge in [0, 0.05) is 13.1 Å². The van der Waals surface area contributed by atoms with Gasteiger partial charge in [-0.2, -0.15) is 0 Å². The van der Waals surface area contributed by atoms with Gasteiger partial charge in [0.25, 0.3) is 0 Å². The molecule has 3 nitrogen and oxygen atoms in total. The molecule has 0 radical (unpaired) electrons. The lowest BCUT2D eigenvalue weighted by molar-refractivity contribution is -0.138. The molecule has 0 aromatic rings. The third kappa shape index (κ3) is 2.68. The van der Waals surface area contributed by atoms with Crippen molar-refractivity contribution in [1.82, 2.24) is 4.90 Å². The molecular weight excluding hydrogens is 208 g/mol. The summed E-state index contributed by atoms with van der Waals surface area (Å²) in [4.78, 5) is 14.3. The largest absolute Gasteiger partial charge is 0.392 e. The van der Waals surface area contributed by atoms with Gasteiger partial charge in [-0.15, -0.1) is 0 Å². The minimum atomic E-state index is -0.702. The van der Waals surface area contributed by atoms with Crippen LogP contribution in [-0.2, 0) is 4.79 Å². The van der Waals surface area contributed by atoms with E-state index >= 15 is 0 Å². The van der Waals surface area contributed by atoms with Crippen LogP contribution in [-0.4, -0.2) is 28.9 Å². The van der Waals surface area contributed by atoms with Crippen LogP contribution in [0, 0.1) is 11.3 Å². The predicted octanol–water partition coefficient (Wildman–Crippen LogP) is 1.56. The van der Waals surface area contributed by atoms with Crippen molar-refractivity contribution in [2.75, 3.05) is 13.1 Å². The van der Waals surface area contributed by atoms with Crippen LogP contribution in [0.3, 0.4) is 0 Å². The highest BCUT2D eigenvalue weighted by Gasteiger charge is 2.36. The summed E-state index contributed by atoms with van der Waals surface area (Å²) in [5, 5.41) is 0. The second kappa shape index (κ2) is 4.47. The highest BCUT2D eigenvalue weighted by atomic mass is 32.1. The first-order valence-electron chi connectivity index (χ1n) is 5.45. The molecule has 0 aromatic carbocycles. The summed E-state index contributed by atoms with van der Waals surface area (Å²) in [6.45, 7) is 7.46. The van der Waals surface area contributed by atoms with Crippen LogP contribution in [0.1, 0.15) is 33.6 Å². The van der Waals surface area contributed by atoms with Crippen molar-refractivity contribution < 1.29 is 4.79 Å². The van der Waals surface area contributed by atoms with Gasteiger partial charge in [0.05, 0.1) is 10.4 Å². The van der Waals surface area contributed by atoms with Gasteiger partial charge in [-0.3, -0.25) is 4.79 Å². The minimum absolute atomic E-state index is 0.0709. The second-order valence-corrected chi connectivity index (χ2v) is 5.43. The van der Waals surface area contributed by atoms with E-state index in [-0.39, 0.29) is 10.9 Å². The van der Waals surface area contributed by atoms with Gasteiger partial charge in [-0.05, 0) is 32.6 Å². The molecule has 0 bridgehead atoms. The number of amides is 1. The van der Waals surface area contributed by atoms with Crippen molar-refractivity contribution >= 4 is 23.1 Å². The van der Waals surface area contributed by atoms with Crippen LogP contribution < -0.4 is 5.73 Å². The Kier molecular flexibility index (Phi) is 3.71. The van der Waals surface area contributed by atoms with Crippen molar-refractivity contribution in [2.24, 2.45) is 17.1 Å². The quantitative estimate of drug-likeness (QED) is 0.730. The first-order chi connectivity index (χ1) is 6.85. The van der Waals surface area contributed by atoms with Crippen molar-refractivity contribution in [1.29, 1.82) is 0 Å². The highest BCUT2D eigenvalue weighted by Crippen LogP contribution is 2.24. The van der Waals surface area contributed by atoms with Crippen LogP contribution >= 0.6 is 12.2 Å². The molecule has 0 aromatic heterocycles. The molecule has 1 heterocycles. The smallest absolute Gasteiger partial charge is 0.235 e. The third-order valence-electron chi connectivity index (χ3n) is 3.09. The van der Waals surface area contributed by atoms with Crippen molar-refractivity contribution in [3.63, 3.8) is 0 Å². The number of thiocarbonyl (C=S) groups is 1. The standard InChI is InChI=1S/C11H20N2OS/c1-8-5-4-6-13(7-8)10(14)11(2,3)9(12)15/h8H,4-7H2,1-3H3,(H2,12,15). The SMILES string of the molecule is CC1CCCN(C(=O)C(C)(C)C(N)=S)C1. The Labute approximate surface area is 97.0 Å². The third-order valence-corrected chi connectivity index (χ3v) is 3.61. The zero-order valence-electron chi connectivity index (χ0n) is 9.75. The van der Waals surface area contributed by atoms with E-state index in [1.54, 1.807) is 13.8 Å². The van der Waals surface area contributed by atoms with E-state index in [0.29, 0.717) is 5.92 Å². The monoisotopic (exact) mass is 228 g/mol. The van der Waals surface area contributed by atoms with E-state index in [1.807, 2.05) is 4.90 Å². The predicted molar refractivity (Wildman–Crippen MR) is 65.5 cm³/mol. The second-order valence-electron chi connectivity index (χ2n) is 4.99. The topological polar surface area (TPSA) is 46.3 Å². The zero-order chi connectivity index (χ0) is 11.6. The minimum Gasteiger partial charge on any atom is -0.392 e. The van der Waals surface area contributed by atoms with Crippen LogP contribution in [0.15, 0.2) is 0 Å². The Morgan fingerprint density at radius 1 is 1.53 bits per heavy atom. The molecule has 1 atom stereocenters. The molecule has 1 fully saturated rings. The van der Waals surface area contributed by atoms with Crippen molar-refractivity contribution in [3.05, 3.63) is 0 Å². The van der Waals surface area contributed by atoms with Gasteiger partial charge in [0.1, 0.15) is 0 Å².